The molecule has 2 aromatic rings. The van der Waals surface area contributed by atoms with Crippen molar-refractivity contribution in [2.45, 2.75) is 11.8 Å². The molecule has 1 N–H and O–H groups in total. The summed E-state index contributed by atoms with van der Waals surface area (Å²) in [5.41, 5.74) is 1.34. The molecule has 6 heteroatoms. The SMILES string of the molecule is Cc1ccccc1OCCNC(=O)c1cccc(S(C)(=O)=O)c1. The summed E-state index contributed by atoms with van der Waals surface area (Å²) >= 11 is 0. The van der Waals surface area contributed by atoms with E-state index in [0.717, 1.165) is 17.6 Å². The van der Waals surface area contributed by atoms with E-state index in [-0.39, 0.29) is 10.8 Å². The number of hydrogen-bond donors (Lipinski definition) is 1. The minimum Gasteiger partial charge on any atom is -0.491 e. The second-order valence-electron chi connectivity index (χ2n) is 5.17. The Labute approximate surface area is 136 Å². The summed E-state index contributed by atoms with van der Waals surface area (Å²) in [5.74, 6) is 0.449. The minimum absolute atomic E-state index is 0.126. The number of aryl methyl sites for hydroxylation is 1. The van der Waals surface area contributed by atoms with Gasteiger partial charge in [0, 0.05) is 11.8 Å². The highest BCUT2D eigenvalue weighted by Gasteiger charge is 2.11. The van der Waals surface area contributed by atoms with Crippen molar-refractivity contribution in [3.63, 3.8) is 0 Å². The molecule has 0 unspecified atom stereocenters. The molecule has 0 radical (unpaired) electrons. The fraction of sp³-hybridized carbons (Fsp3) is 0.235. The number of carbonyl (C=O) groups excluding carboxylic acids is 1. The summed E-state index contributed by atoms with van der Waals surface area (Å²) in [6.07, 6.45) is 1.11. The van der Waals surface area contributed by atoms with Crippen molar-refractivity contribution in [3.05, 3.63) is 59.7 Å². The lowest BCUT2D eigenvalue weighted by Gasteiger charge is -2.10. The number of hydrogen-bond acceptors (Lipinski definition) is 4. The maximum absolute atomic E-state index is 12.0. The van der Waals surface area contributed by atoms with E-state index < -0.39 is 9.84 Å². The van der Waals surface area contributed by atoms with Gasteiger partial charge in [0.25, 0.3) is 5.91 Å². The molecule has 0 fully saturated rings. The number of amides is 1. The van der Waals surface area contributed by atoms with E-state index in [1.807, 2.05) is 31.2 Å². The van der Waals surface area contributed by atoms with Gasteiger partial charge in [-0.1, -0.05) is 24.3 Å². The number of nitrogens with one attached hydrogen (secondary N) is 1. The number of rotatable bonds is 6. The minimum atomic E-state index is -3.33. The fourth-order valence-electron chi connectivity index (χ4n) is 2.01. The number of sulfone groups is 1. The molecule has 0 saturated heterocycles. The maximum atomic E-state index is 12.0. The standard InChI is InChI=1S/C17H19NO4S/c1-13-6-3-4-9-16(13)22-11-10-18-17(19)14-7-5-8-15(12-14)23(2,20)21/h3-9,12H,10-11H2,1-2H3,(H,18,19). The highest BCUT2D eigenvalue weighted by Crippen LogP contribution is 2.15. The van der Waals surface area contributed by atoms with E-state index in [9.17, 15) is 13.2 Å². The van der Waals surface area contributed by atoms with Crippen molar-refractivity contribution in [2.75, 3.05) is 19.4 Å². The molecule has 0 spiro atoms. The van der Waals surface area contributed by atoms with Gasteiger partial charge >= 0.3 is 0 Å². The molecule has 122 valence electrons. The zero-order chi connectivity index (χ0) is 16.9. The van der Waals surface area contributed by atoms with Crippen molar-refractivity contribution < 1.29 is 17.9 Å². The van der Waals surface area contributed by atoms with E-state index in [4.69, 9.17) is 4.74 Å². The molecule has 0 aromatic heterocycles. The van der Waals surface area contributed by atoms with Crippen molar-refractivity contribution in [2.24, 2.45) is 0 Å². The average molecular weight is 333 g/mol. The Kier molecular flexibility index (Phi) is 5.39. The first-order chi connectivity index (χ1) is 10.9. The molecule has 0 aliphatic carbocycles. The van der Waals surface area contributed by atoms with Crippen molar-refractivity contribution >= 4 is 15.7 Å². The molecule has 0 bridgehead atoms. The van der Waals surface area contributed by atoms with Crippen molar-refractivity contribution in [1.29, 1.82) is 0 Å². The zero-order valence-electron chi connectivity index (χ0n) is 13.1. The Bertz CT molecular complexity index is 800. The largest absolute Gasteiger partial charge is 0.491 e. The molecule has 0 saturated carbocycles. The predicted molar refractivity (Wildman–Crippen MR) is 88.6 cm³/mol. The van der Waals surface area contributed by atoms with E-state index >= 15 is 0 Å². The molecule has 0 aliphatic rings. The van der Waals surface area contributed by atoms with Crippen LogP contribution >= 0.6 is 0 Å². The molecule has 1 amide bonds. The summed E-state index contributed by atoms with van der Waals surface area (Å²) in [5, 5.41) is 2.71. The Hall–Kier alpha value is -2.34. The van der Waals surface area contributed by atoms with Crippen LogP contribution in [0, 0.1) is 6.92 Å². The van der Waals surface area contributed by atoms with Crippen LogP contribution in [-0.4, -0.2) is 33.7 Å². The lowest BCUT2D eigenvalue weighted by Crippen LogP contribution is -2.28. The van der Waals surface area contributed by atoms with Gasteiger partial charge in [0.05, 0.1) is 11.4 Å². The van der Waals surface area contributed by atoms with Gasteiger partial charge in [-0.3, -0.25) is 4.79 Å². The van der Waals surface area contributed by atoms with E-state index in [1.165, 1.54) is 12.1 Å². The highest BCUT2D eigenvalue weighted by molar-refractivity contribution is 7.90. The van der Waals surface area contributed by atoms with Crippen LogP contribution in [0.3, 0.4) is 0 Å². The third-order valence-corrected chi connectivity index (χ3v) is 4.37. The quantitative estimate of drug-likeness (QED) is 0.823. The van der Waals surface area contributed by atoms with Gasteiger partial charge in [0.2, 0.25) is 0 Å². The first-order valence-corrected chi connectivity index (χ1v) is 9.04. The molecule has 0 heterocycles. The smallest absolute Gasteiger partial charge is 0.251 e. The predicted octanol–water partition coefficient (Wildman–Crippen LogP) is 2.21. The summed E-state index contributed by atoms with van der Waals surface area (Å²) < 4.78 is 28.6. The Morgan fingerprint density at radius 2 is 1.87 bits per heavy atom. The van der Waals surface area contributed by atoms with Gasteiger partial charge in [-0.15, -0.1) is 0 Å². The van der Waals surface area contributed by atoms with E-state index in [1.54, 1.807) is 12.1 Å². The van der Waals surface area contributed by atoms with Gasteiger partial charge in [0.1, 0.15) is 12.4 Å². The first-order valence-electron chi connectivity index (χ1n) is 7.14. The summed E-state index contributed by atoms with van der Waals surface area (Å²) in [7, 11) is -3.33. The van der Waals surface area contributed by atoms with Crippen molar-refractivity contribution in [1.82, 2.24) is 5.32 Å². The highest BCUT2D eigenvalue weighted by atomic mass is 32.2. The van der Waals surface area contributed by atoms with Gasteiger partial charge in [-0.05, 0) is 36.8 Å². The number of carbonyl (C=O) groups is 1. The normalized spacial score (nSPS) is 11.0. The summed E-state index contributed by atoms with van der Waals surface area (Å²) in [4.78, 5) is 12.2. The summed E-state index contributed by atoms with van der Waals surface area (Å²) in [6.45, 7) is 2.61. The van der Waals surface area contributed by atoms with Crippen LogP contribution in [0.5, 0.6) is 5.75 Å². The number of benzene rings is 2. The Balaban J connectivity index is 1.89. The van der Waals surface area contributed by atoms with Crippen LogP contribution in [0.2, 0.25) is 0 Å². The lowest BCUT2D eigenvalue weighted by molar-refractivity contribution is 0.0946. The van der Waals surface area contributed by atoms with Crippen LogP contribution in [0.15, 0.2) is 53.4 Å². The first kappa shape index (κ1) is 17.0. The summed E-state index contributed by atoms with van der Waals surface area (Å²) in [6, 6.07) is 13.6. The van der Waals surface area contributed by atoms with Crippen LogP contribution < -0.4 is 10.1 Å². The van der Waals surface area contributed by atoms with E-state index in [0.29, 0.717) is 18.7 Å². The molecular weight excluding hydrogens is 314 g/mol. The average Bonchev–Trinajstić information content (AvgIpc) is 2.52. The van der Waals surface area contributed by atoms with Crippen LogP contribution in [0.4, 0.5) is 0 Å². The third-order valence-electron chi connectivity index (χ3n) is 3.26. The second-order valence-corrected chi connectivity index (χ2v) is 7.19. The molecule has 2 rings (SSSR count). The topological polar surface area (TPSA) is 72.5 Å². The lowest BCUT2D eigenvalue weighted by atomic mass is 10.2. The Morgan fingerprint density at radius 1 is 1.13 bits per heavy atom. The fourth-order valence-corrected chi connectivity index (χ4v) is 2.68. The van der Waals surface area contributed by atoms with Gasteiger partial charge in [-0.2, -0.15) is 0 Å². The van der Waals surface area contributed by atoms with Crippen LogP contribution in [0.25, 0.3) is 0 Å². The third kappa shape index (κ3) is 4.82. The molecule has 5 nitrogen and oxygen atoms in total. The molecule has 23 heavy (non-hydrogen) atoms. The number of para-hydroxylation sites is 1. The molecule has 0 atom stereocenters. The zero-order valence-corrected chi connectivity index (χ0v) is 13.9. The van der Waals surface area contributed by atoms with Crippen LogP contribution in [0.1, 0.15) is 15.9 Å². The number of ether oxygens (including phenoxy) is 1. The molecule has 2 aromatic carbocycles. The van der Waals surface area contributed by atoms with Gasteiger partial charge in [-0.25, -0.2) is 8.42 Å². The maximum Gasteiger partial charge on any atom is 0.251 e. The monoisotopic (exact) mass is 333 g/mol. The molecular formula is C17H19NO4S. The second kappa shape index (κ2) is 7.28. The Morgan fingerprint density at radius 3 is 2.57 bits per heavy atom. The van der Waals surface area contributed by atoms with Gasteiger partial charge in [0.15, 0.2) is 9.84 Å². The van der Waals surface area contributed by atoms with Gasteiger partial charge < -0.3 is 10.1 Å². The van der Waals surface area contributed by atoms with Crippen LogP contribution in [-0.2, 0) is 9.84 Å². The van der Waals surface area contributed by atoms with Crippen molar-refractivity contribution in [3.8, 4) is 5.75 Å². The van der Waals surface area contributed by atoms with E-state index in [2.05, 4.69) is 5.32 Å². The molecule has 0 aliphatic heterocycles.